The molecule has 3 aromatic rings. The molecule has 8 nitrogen and oxygen atoms in total. The Kier molecular flexibility index (Phi) is 4.11. The lowest BCUT2D eigenvalue weighted by molar-refractivity contribution is 0.338. The summed E-state index contributed by atoms with van der Waals surface area (Å²) in [5.74, 6) is 1.97. The Morgan fingerprint density at radius 3 is 2.64 bits per heavy atom. The van der Waals surface area contributed by atoms with Gasteiger partial charge in [0.05, 0.1) is 16.7 Å². The Morgan fingerprint density at radius 1 is 1.14 bits per heavy atom. The average Bonchev–Trinajstić information content (AvgIpc) is 3.38. The maximum Gasteiger partial charge on any atom is 0.254 e. The Hall–Kier alpha value is -2.17. The van der Waals surface area contributed by atoms with Crippen molar-refractivity contribution in [1.82, 2.24) is 29.0 Å². The van der Waals surface area contributed by atoms with Crippen LogP contribution in [0.2, 0.25) is 0 Å². The Morgan fingerprint density at radius 2 is 1.93 bits per heavy atom. The van der Waals surface area contributed by atoms with Gasteiger partial charge in [0.2, 0.25) is 0 Å². The summed E-state index contributed by atoms with van der Waals surface area (Å²) in [6, 6.07) is 3.87. The highest BCUT2D eigenvalue weighted by molar-refractivity contribution is 7.91. The lowest BCUT2D eigenvalue weighted by Gasteiger charge is -2.27. The number of sulfonamides is 1. The van der Waals surface area contributed by atoms with Gasteiger partial charge < -0.3 is 4.57 Å². The van der Waals surface area contributed by atoms with Gasteiger partial charge >= 0.3 is 0 Å². The zero-order chi connectivity index (χ0) is 19.5. The van der Waals surface area contributed by atoms with Crippen LogP contribution in [0.25, 0.3) is 11.4 Å². The van der Waals surface area contributed by atoms with Gasteiger partial charge in [0, 0.05) is 37.5 Å². The van der Waals surface area contributed by atoms with Crippen molar-refractivity contribution >= 4 is 21.4 Å². The molecule has 0 bridgehead atoms. The predicted molar refractivity (Wildman–Crippen MR) is 104 cm³/mol. The number of nitrogens with zero attached hydrogens (tertiary/aromatic N) is 6. The molecule has 0 N–H and O–H groups in total. The van der Waals surface area contributed by atoms with Crippen molar-refractivity contribution < 1.29 is 8.42 Å². The first-order valence-electron chi connectivity index (χ1n) is 9.23. The van der Waals surface area contributed by atoms with E-state index in [4.69, 9.17) is 0 Å². The van der Waals surface area contributed by atoms with Crippen LogP contribution in [-0.4, -0.2) is 50.5 Å². The molecule has 0 radical (unpaired) electrons. The molecular weight excluding hydrogens is 396 g/mol. The van der Waals surface area contributed by atoms with Gasteiger partial charge in [-0.05, 0) is 38.3 Å². The third-order valence-corrected chi connectivity index (χ3v) is 9.07. The zero-order valence-electron chi connectivity index (χ0n) is 15.6. The molecule has 0 saturated carbocycles. The average molecular weight is 417 g/mol. The van der Waals surface area contributed by atoms with Gasteiger partial charge in [0.25, 0.3) is 10.0 Å². The van der Waals surface area contributed by atoms with Crippen molar-refractivity contribution in [2.24, 2.45) is 5.92 Å². The van der Waals surface area contributed by atoms with Crippen molar-refractivity contribution in [2.45, 2.75) is 36.9 Å². The van der Waals surface area contributed by atoms with E-state index in [0.717, 1.165) is 35.1 Å². The zero-order valence-corrected chi connectivity index (χ0v) is 17.2. The Labute approximate surface area is 167 Å². The van der Waals surface area contributed by atoms with E-state index in [9.17, 15) is 8.42 Å². The van der Waals surface area contributed by atoms with Crippen molar-refractivity contribution in [3.05, 3.63) is 41.1 Å². The van der Waals surface area contributed by atoms with Crippen LogP contribution in [0, 0.1) is 19.8 Å². The van der Waals surface area contributed by atoms with Crippen molar-refractivity contribution in [2.75, 3.05) is 13.1 Å². The van der Waals surface area contributed by atoms with Crippen molar-refractivity contribution in [3.63, 3.8) is 0 Å². The van der Waals surface area contributed by atoms with E-state index in [2.05, 4.69) is 24.7 Å². The predicted octanol–water partition coefficient (Wildman–Crippen LogP) is 2.22. The first-order chi connectivity index (χ1) is 13.4. The highest BCUT2D eigenvalue weighted by Crippen LogP contribution is 2.41. The van der Waals surface area contributed by atoms with Crippen LogP contribution in [0.4, 0.5) is 0 Å². The largest absolute Gasteiger partial charge is 0.306 e. The monoisotopic (exact) mass is 416 g/mol. The molecule has 0 aromatic carbocycles. The molecule has 28 heavy (non-hydrogen) atoms. The fraction of sp³-hybridized carbons (Fsp3) is 0.444. The first kappa shape index (κ1) is 17.9. The number of pyridine rings is 1. The summed E-state index contributed by atoms with van der Waals surface area (Å²) in [5, 5.41) is 9.55. The number of hydrogen-bond acceptors (Lipinski definition) is 7. The molecule has 5 rings (SSSR count). The SMILES string of the molecule is Cc1nc(C)c(S(=O)(=O)N2C[C@H]3CCc4nnc(-c5ccncc5)n4[C@H]3C2)s1. The quantitative estimate of drug-likeness (QED) is 0.650. The van der Waals surface area contributed by atoms with Gasteiger partial charge in [-0.3, -0.25) is 4.98 Å². The van der Waals surface area contributed by atoms with E-state index in [1.165, 1.54) is 11.3 Å². The maximum atomic E-state index is 13.3. The minimum Gasteiger partial charge on any atom is -0.306 e. The summed E-state index contributed by atoms with van der Waals surface area (Å²) >= 11 is 1.25. The minimum absolute atomic E-state index is 0.0472. The molecule has 2 aliphatic rings. The van der Waals surface area contributed by atoms with Crippen LogP contribution in [-0.2, 0) is 16.4 Å². The minimum atomic E-state index is -3.54. The van der Waals surface area contributed by atoms with Gasteiger partial charge in [-0.15, -0.1) is 21.5 Å². The van der Waals surface area contributed by atoms with Gasteiger partial charge in [-0.2, -0.15) is 4.31 Å². The molecule has 5 heterocycles. The standard InChI is InChI=1S/C18H20N6O2S2/c1-11-18(27-12(2)20-11)28(25,26)23-9-14-3-4-16-21-22-17(24(16)15(14)10-23)13-5-7-19-8-6-13/h5-8,14-15H,3-4,9-10H2,1-2H3/t14-,15+/m1/s1. The maximum absolute atomic E-state index is 13.3. The van der Waals surface area contributed by atoms with Crippen LogP contribution in [0.3, 0.4) is 0 Å². The summed E-state index contributed by atoms with van der Waals surface area (Å²) in [7, 11) is -3.54. The molecule has 0 aliphatic carbocycles. The van der Waals surface area contributed by atoms with E-state index in [0.29, 0.717) is 23.0 Å². The third kappa shape index (κ3) is 2.70. The Bertz CT molecular complexity index is 1140. The number of aromatic nitrogens is 5. The number of fused-ring (bicyclic) bond motifs is 3. The highest BCUT2D eigenvalue weighted by atomic mass is 32.2. The molecule has 10 heteroatoms. The van der Waals surface area contributed by atoms with Crippen LogP contribution in [0.15, 0.2) is 28.7 Å². The molecule has 146 valence electrons. The summed E-state index contributed by atoms with van der Waals surface area (Å²) in [6.07, 6.45) is 5.20. The van der Waals surface area contributed by atoms with E-state index < -0.39 is 10.0 Å². The fourth-order valence-electron chi connectivity index (χ4n) is 4.31. The van der Waals surface area contributed by atoms with E-state index >= 15 is 0 Å². The van der Waals surface area contributed by atoms with Gasteiger partial charge in [-0.25, -0.2) is 13.4 Å². The second-order valence-corrected chi connectivity index (χ2v) is 10.7. The van der Waals surface area contributed by atoms with E-state index in [1.807, 2.05) is 19.1 Å². The third-order valence-electron chi connectivity index (χ3n) is 5.58. The highest BCUT2D eigenvalue weighted by Gasteiger charge is 2.44. The van der Waals surface area contributed by atoms with Crippen LogP contribution in [0.5, 0.6) is 0 Å². The smallest absolute Gasteiger partial charge is 0.254 e. The van der Waals surface area contributed by atoms with Crippen LogP contribution < -0.4 is 0 Å². The van der Waals surface area contributed by atoms with E-state index in [-0.39, 0.29) is 12.0 Å². The summed E-state index contributed by atoms with van der Waals surface area (Å²) in [4.78, 5) is 8.37. The number of hydrogen-bond donors (Lipinski definition) is 0. The summed E-state index contributed by atoms with van der Waals surface area (Å²) in [5.41, 5.74) is 1.53. The van der Waals surface area contributed by atoms with Crippen LogP contribution >= 0.6 is 11.3 Å². The molecular formula is C18H20N6O2S2. The molecule has 0 unspecified atom stereocenters. The molecule has 1 fully saturated rings. The van der Waals surface area contributed by atoms with E-state index in [1.54, 1.807) is 23.6 Å². The Balaban J connectivity index is 1.52. The summed E-state index contributed by atoms with van der Waals surface area (Å²) in [6.45, 7) is 4.56. The topological polar surface area (TPSA) is 93.9 Å². The van der Waals surface area contributed by atoms with Gasteiger partial charge in [0.15, 0.2) is 10.0 Å². The number of aryl methyl sites for hydroxylation is 3. The molecule has 2 atom stereocenters. The molecule has 3 aromatic heterocycles. The molecule has 2 aliphatic heterocycles. The fourth-order valence-corrected chi connectivity index (χ4v) is 7.45. The van der Waals surface area contributed by atoms with Crippen molar-refractivity contribution in [3.8, 4) is 11.4 Å². The van der Waals surface area contributed by atoms with Gasteiger partial charge in [0.1, 0.15) is 5.82 Å². The lowest BCUT2D eigenvalue weighted by atomic mass is 9.93. The molecule has 0 amide bonds. The first-order valence-corrected chi connectivity index (χ1v) is 11.5. The van der Waals surface area contributed by atoms with Gasteiger partial charge in [-0.1, -0.05) is 0 Å². The number of thiazole rings is 1. The van der Waals surface area contributed by atoms with Crippen LogP contribution in [0.1, 0.15) is 29.0 Å². The number of rotatable bonds is 3. The second-order valence-electron chi connectivity index (χ2n) is 7.34. The summed E-state index contributed by atoms with van der Waals surface area (Å²) < 4.78 is 30.7. The lowest BCUT2D eigenvalue weighted by Crippen LogP contribution is -2.29. The molecule has 0 spiro atoms. The van der Waals surface area contributed by atoms with Crippen molar-refractivity contribution in [1.29, 1.82) is 0 Å². The normalized spacial score (nSPS) is 22.2. The molecule has 1 saturated heterocycles. The second kappa shape index (κ2) is 6.43.